The zero-order chi connectivity index (χ0) is 18.1. The molecule has 136 valence electrons. The van der Waals surface area contributed by atoms with Crippen LogP contribution >= 0.6 is 0 Å². The molecule has 2 aliphatic rings. The van der Waals surface area contributed by atoms with Crippen molar-refractivity contribution >= 4 is 11.7 Å². The SMILES string of the molecule is CC1(C)Oc2cccnc2N(C(CN2CCCC2)c2ccccc2)C1=O. The van der Waals surface area contributed by atoms with Gasteiger partial charge >= 0.3 is 0 Å². The minimum atomic E-state index is -0.909. The second-order valence-electron chi connectivity index (χ2n) is 7.55. The van der Waals surface area contributed by atoms with Gasteiger partial charge in [-0.1, -0.05) is 30.3 Å². The summed E-state index contributed by atoms with van der Waals surface area (Å²) in [6, 6.07) is 13.9. The van der Waals surface area contributed by atoms with Crippen molar-refractivity contribution in [1.29, 1.82) is 0 Å². The van der Waals surface area contributed by atoms with Crippen molar-refractivity contribution < 1.29 is 9.53 Å². The number of pyridine rings is 1. The molecule has 1 unspecified atom stereocenters. The summed E-state index contributed by atoms with van der Waals surface area (Å²) in [5.41, 5.74) is 0.218. The second-order valence-corrected chi connectivity index (χ2v) is 7.55. The summed E-state index contributed by atoms with van der Waals surface area (Å²) in [5, 5.41) is 0. The Bertz CT molecular complexity index is 785. The van der Waals surface area contributed by atoms with Crippen LogP contribution in [0.4, 0.5) is 5.82 Å². The standard InChI is InChI=1S/C21H25N3O2/c1-21(2)20(25)24(19-18(26-21)11-8-12-22-19)17(15-23-13-6-7-14-23)16-9-4-3-5-10-16/h3-5,8-12,17H,6-7,13-15H2,1-2H3. The molecule has 0 aliphatic carbocycles. The smallest absolute Gasteiger partial charge is 0.272 e. The number of ether oxygens (including phenoxy) is 1. The van der Waals surface area contributed by atoms with Crippen LogP contribution in [0.2, 0.25) is 0 Å². The Hall–Kier alpha value is -2.40. The molecule has 1 fully saturated rings. The predicted molar refractivity (Wildman–Crippen MR) is 101 cm³/mol. The highest BCUT2D eigenvalue weighted by atomic mass is 16.5. The third-order valence-corrected chi connectivity index (χ3v) is 5.20. The first kappa shape index (κ1) is 17.0. The lowest BCUT2D eigenvalue weighted by atomic mass is 9.99. The van der Waals surface area contributed by atoms with E-state index in [9.17, 15) is 4.79 Å². The highest BCUT2D eigenvalue weighted by Gasteiger charge is 2.45. The number of anilines is 1. The topological polar surface area (TPSA) is 45.7 Å². The van der Waals surface area contributed by atoms with Crippen LogP contribution in [-0.4, -0.2) is 41.0 Å². The summed E-state index contributed by atoms with van der Waals surface area (Å²) >= 11 is 0. The van der Waals surface area contributed by atoms with E-state index in [-0.39, 0.29) is 11.9 Å². The fourth-order valence-corrected chi connectivity index (χ4v) is 3.86. The Labute approximate surface area is 154 Å². The van der Waals surface area contributed by atoms with Crippen LogP contribution in [0.25, 0.3) is 0 Å². The van der Waals surface area contributed by atoms with Gasteiger partial charge in [-0.15, -0.1) is 0 Å². The summed E-state index contributed by atoms with van der Waals surface area (Å²) in [5.74, 6) is 1.24. The molecule has 0 bridgehead atoms. The second kappa shape index (κ2) is 6.72. The zero-order valence-corrected chi connectivity index (χ0v) is 15.4. The summed E-state index contributed by atoms with van der Waals surface area (Å²) in [6.07, 6.45) is 4.16. The van der Waals surface area contributed by atoms with Crippen LogP contribution in [0, 0.1) is 0 Å². The van der Waals surface area contributed by atoms with Gasteiger partial charge in [0.15, 0.2) is 17.2 Å². The Balaban J connectivity index is 1.79. The average Bonchev–Trinajstić information content (AvgIpc) is 3.15. The van der Waals surface area contributed by atoms with Gasteiger partial charge in [-0.3, -0.25) is 9.69 Å². The molecule has 3 heterocycles. The van der Waals surface area contributed by atoms with Gasteiger partial charge in [-0.25, -0.2) is 4.98 Å². The summed E-state index contributed by atoms with van der Waals surface area (Å²) < 4.78 is 5.95. The first-order chi connectivity index (χ1) is 12.6. The number of rotatable bonds is 4. The number of fused-ring (bicyclic) bond motifs is 1. The number of carbonyl (C=O) groups excluding carboxylic acids is 1. The van der Waals surface area contributed by atoms with Crippen LogP contribution in [0.1, 0.15) is 38.3 Å². The maximum Gasteiger partial charge on any atom is 0.272 e. The van der Waals surface area contributed by atoms with Crippen molar-refractivity contribution in [2.45, 2.75) is 38.3 Å². The number of amides is 1. The molecule has 1 aromatic heterocycles. The number of carbonyl (C=O) groups is 1. The van der Waals surface area contributed by atoms with Crippen molar-refractivity contribution in [3.8, 4) is 5.75 Å². The monoisotopic (exact) mass is 351 g/mol. The van der Waals surface area contributed by atoms with Crippen molar-refractivity contribution in [2.75, 3.05) is 24.5 Å². The largest absolute Gasteiger partial charge is 0.474 e. The number of benzene rings is 1. The number of hydrogen-bond donors (Lipinski definition) is 0. The fraction of sp³-hybridized carbons (Fsp3) is 0.429. The van der Waals surface area contributed by atoms with Gasteiger partial charge in [0.1, 0.15) is 0 Å². The lowest BCUT2D eigenvalue weighted by molar-refractivity contribution is -0.133. The Morgan fingerprint density at radius 1 is 1.12 bits per heavy atom. The molecule has 5 heteroatoms. The first-order valence-corrected chi connectivity index (χ1v) is 9.31. The van der Waals surface area contributed by atoms with Crippen molar-refractivity contribution in [3.63, 3.8) is 0 Å². The van der Waals surface area contributed by atoms with Crippen molar-refractivity contribution in [2.24, 2.45) is 0 Å². The summed E-state index contributed by atoms with van der Waals surface area (Å²) in [4.78, 5) is 22.1. The van der Waals surface area contributed by atoms with Gasteiger partial charge in [-0.2, -0.15) is 0 Å². The van der Waals surface area contributed by atoms with E-state index >= 15 is 0 Å². The van der Waals surface area contributed by atoms with E-state index in [1.165, 1.54) is 12.8 Å². The molecule has 26 heavy (non-hydrogen) atoms. The van der Waals surface area contributed by atoms with E-state index < -0.39 is 5.60 Å². The molecule has 2 aromatic rings. The maximum absolute atomic E-state index is 13.3. The molecule has 1 aromatic carbocycles. The van der Waals surface area contributed by atoms with E-state index in [1.54, 1.807) is 6.20 Å². The molecule has 1 amide bonds. The first-order valence-electron chi connectivity index (χ1n) is 9.31. The van der Waals surface area contributed by atoms with E-state index in [2.05, 4.69) is 22.0 Å². The molecular formula is C21H25N3O2. The molecule has 1 saturated heterocycles. The third kappa shape index (κ3) is 3.07. The highest BCUT2D eigenvalue weighted by molar-refractivity contribution is 6.02. The average molecular weight is 351 g/mol. The molecule has 5 nitrogen and oxygen atoms in total. The molecule has 0 saturated carbocycles. The fourth-order valence-electron chi connectivity index (χ4n) is 3.86. The third-order valence-electron chi connectivity index (χ3n) is 5.20. The number of hydrogen-bond acceptors (Lipinski definition) is 4. The quantitative estimate of drug-likeness (QED) is 0.847. The molecule has 0 radical (unpaired) electrons. The van der Waals surface area contributed by atoms with Crippen molar-refractivity contribution in [3.05, 3.63) is 54.2 Å². The van der Waals surface area contributed by atoms with Crippen LogP contribution in [0.3, 0.4) is 0 Å². The maximum atomic E-state index is 13.3. The Kier molecular flexibility index (Phi) is 4.41. The van der Waals surface area contributed by atoms with Crippen LogP contribution < -0.4 is 9.64 Å². The van der Waals surface area contributed by atoms with Gasteiger partial charge in [0, 0.05) is 12.7 Å². The van der Waals surface area contributed by atoms with E-state index in [0.29, 0.717) is 11.6 Å². The lowest BCUT2D eigenvalue weighted by Crippen LogP contribution is -2.55. The minimum absolute atomic E-state index is 0.0447. The molecule has 1 atom stereocenters. The van der Waals surface area contributed by atoms with Gasteiger partial charge in [-0.05, 0) is 57.5 Å². The molecule has 2 aliphatic heterocycles. The molecule has 0 spiro atoms. The lowest BCUT2D eigenvalue weighted by Gasteiger charge is -2.42. The minimum Gasteiger partial charge on any atom is -0.474 e. The Morgan fingerprint density at radius 3 is 2.58 bits per heavy atom. The van der Waals surface area contributed by atoms with Crippen molar-refractivity contribution in [1.82, 2.24) is 9.88 Å². The number of nitrogens with zero attached hydrogens (tertiary/aromatic N) is 3. The van der Waals surface area contributed by atoms with E-state index in [4.69, 9.17) is 4.74 Å². The summed E-state index contributed by atoms with van der Waals surface area (Å²) in [7, 11) is 0. The molecular weight excluding hydrogens is 326 g/mol. The summed E-state index contributed by atoms with van der Waals surface area (Å²) in [6.45, 7) is 6.63. The zero-order valence-electron chi connectivity index (χ0n) is 15.4. The van der Waals surface area contributed by atoms with Crippen LogP contribution in [0.5, 0.6) is 5.75 Å². The predicted octanol–water partition coefficient (Wildman–Crippen LogP) is 3.42. The van der Waals surface area contributed by atoms with Crippen LogP contribution in [0.15, 0.2) is 48.7 Å². The molecule has 4 rings (SSSR count). The normalized spacial score (nSPS) is 20.5. The van der Waals surface area contributed by atoms with Gasteiger partial charge in [0.25, 0.3) is 5.91 Å². The van der Waals surface area contributed by atoms with Crippen LogP contribution in [-0.2, 0) is 4.79 Å². The molecule has 0 N–H and O–H groups in total. The Morgan fingerprint density at radius 2 is 1.85 bits per heavy atom. The van der Waals surface area contributed by atoms with E-state index in [1.807, 2.05) is 49.1 Å². The number of likely N-dealkylation sites (tertiary alicyclic amines) is 1. The van der Waals surface area contributed by atoms with Gasteiger partial charge in [0.2, 0.25) is 0 Å². The van der Waals surface area contributed by atoms with E-state index in [0.717, 1.165) is 25.2 Å². The van der Waals surface area contributed by atoms with Gasteiger partial charge in [0.05, 0.1) is 6.04 Å². The highest BCUT2D eigenvalue weighted by Crippen LogP contribution is 2.41. The van der Waals surface area contributed by atoms with Gasteiger partial charge < -0.3 is 9.64 Å². The number of aromatic nitrogens is 1.